The van der Waals surface area contributed by atoms with Crippen molar-refractivity contribution < 1.29 is 4.74 Å². The molecule has 26 heavy (non-hydrogen) atoms. The van der Waals surface area contributed by atoms with Gasteiger partial charge in [-0.05, 0) is 44.8 Å². The number of benzene rings is 1. The van der Waals surface area contributed by atoms with Gasteiger partial charge in [0, 0.05) is 38.8 Å². The number of rotatable bonds is 6. The molecule has 1 aromatic rings. The van der Waals surface area contributed by atoms with Gasteiger partial charge in [0.25, 0.3) is 0 Å². The third-order valence-electron chi connectivity index (χ3n) is 5.57. The van der Waals surface area contributed by atoms with Crippen molar-refractivity contribution in [3.05, 3.63) is 29.8 Å². The maximum atomic E-state index is 5.96. The van der Waals surface area contributed by atoms with E-state index in [4.69, 9.17) is 4.74 Å². The first kappa shape index (κ1) is 21.3. The Balaban J connectivity index is 0.00000243. The van der Waals surface area contributed by atoms with Gasteiger partial charge in [0.2, 0.25) is 0 Å². The Morgan fingerprint density at radius 1 is 1.27 bits per heavy atom. The molecule has 146 valence electrons. The highest BCUT2D eigenvalue weighted by atomic mass is 127. The predicted octanol–water partition coefficient (Wildman–Crippen LogP) is 3.20. The number of nitrogens with zero attached hydrogens (tertiary/aromatic N) is 3. The molecule has 0 unspecified atom stereocenters. The van der Waals surface area contributed by atoms with Gasteiger partial charge >= 0.3 is 0 Å². The molecule has 5 nitrogen and oxygen atoms in total. The van der Waals surface area contributed by atoms with E-state index in [-0.39, 0.29) is 24.0 Å². The summed E-state index contributed by atoms with van der Waals surface area (Å²) in [4.78, 5) is 9.06. The summed E-state index contributed by atoms with van der Waals surface area (Å²) in [5, 5.41) is 3.54. The standard InChI is InChI=1S/C20H32N4O.HI/c1-21-19(24-12-11-20(16-24)9-6-10-20)22-15-17-7-4-5-8-18(17)25-14-13-23(2)3;/h4-5,7-8H,6,9-16H2,1-3H3,(H,21,22);1H. The molecule has 1 aromatic carbocycles. The number of para-hydroxylation sites is 1. The van der Waals surface area contributed by atoms with Gasteiger partial charge in [-0.25, -0.2) is 0 Å². The minimum absolute atomic E-state index is 0. The molecule has 0 radical (unpaired) electrons. The first-order chi connectivity index (χ1) is 12.1. The van der Waals surface area contributed by atoms with Crippen LogP contribution in [0.3, 0.4) is 0 Å². The molecule has 1 saturated carbocycles. The van der Waals surface area contributed by atoms with Crippen LogP contribution in [0.25, 0.3) is 0 Å². The Kier molecular flexibility index (Phi) is 8.01. The van der Waals surface area contributed by atoms with Crippen molar-refractivity contribution >= 4 is 29.9 Å². The molecule has 0 bridgehead atoms. The maximum absolute atomic E-state index is 5.96. The van der Waals surface area contributed by atoms with E-state index in [1.54, 1.807) is 0 Å². The van der Waals surface area contributed by atoms with Crippen molar-refractivity contribution in [3.63, 3.8) is 0 Å². The summed E-state index contributed by atoms with van der Waals surface area (Å²) in [6, 6.07) is 8.28. The second-order valence-electron chi connectivity index (χ2n) is 7.69. The minimum atomic E-state index is 0. The van der Waals surface area contributed by atoms with Crippen LogP contribution in [0.1, 0.15) is 31.2 Å². The summed E-state index contributed by atoms with van der Waals surface area (Å²) >= 11 is 0. The van der Waals surface area contributed by atoms with Gasteiger partial charge < -0.3 is 19.9 Å². The van der Waals surface area contributed by atoms with Crippen molar-refractivity contribution in [2.75, 3.05) is 47.4 Å². The van der Waals surface area contributed by atoms with E-state index in [2.05, 4.69) is 52.4 Å². The molecular formula is C20H33IN4O. The number of hydrogen-bond donors (Lipinski definition) is 1. The zero-order valence-electron chi connectivity index (χ0n) is 16.3. The first-order valence-electron chi connectivity index (χ1n) is 9.43. The average molecular weight is 472 g/mol. The van der Waals surface area contributed by atoms with E-state index < -0.39 is 0 Å². The fourth-order valence-electron chi connectivity index (χ4n) is 3.84. The molecule has 0 aromatic heterocycles. The van der Waals surface area contributed by atoms with Crippen LogP contribution in [0.4, 0.5) is 0 Å². The summed E-state index contributed by atoms with van der Waals surface area (Å²) in [6.45, 7) is 4.65. The highest BCUT2D eigenvalue weighted by molar-refractivity contribution is 14.0. The molecule has 1 aliphatic carbocycles. The number of likely N-dealkylation sites (tertiary alicyclic amines) is 1. The topological polar surface area (TPSA) is 40.1 Å². The Morgan fingerprint density at radius 2 is 2.04 bits per heavy atom. The van der Waals surface area contributed by atoms with Crippen molar-refractivity contribution in [3.8, 4) is 5.75 Å². The zero-order valence-corrected chi connectivity index (χ0v) is 18.7. The Labute approximate surface area is 175 Å². The molecule has 2 aliphatic rings. The van der Waals surface area contributed by atoms with Gasteiger partial charge in [-0.2, -0.15) is 0 Å². The number of hydrogen-bond acceptors (Lipinski definition) is 3. The number of ether oxygens (including phenoxy) is 1. The van der Waals surface area contributed by atoms with Crippen LogP contribution >= 0.6 is 24.0 Å². The summed E-state index contributed by atoms with van der Waals surface area (Å²) in [5.74, 6) is 1.98. The Morgan fingerprint density at radius 3 is 2.65 bits per heavy atom. The van der Waals surface area contributed by atoms with E-state index in [1.165, 1.54) is 31.2 Å². The van der Waals surface area contributed by atoms with Gasteiger partial charge in [0.1, 0.15) is 12.4 Å². The van der Waals surface area contributed by atoms with Crippen LogP contribution in [0.15, 0.2) is 29.3 Å². The molecular weight excluding hydrogens is 439 g/mol. The lowest BCUT2D eigenvalue weighted by Gasteiger charge is -2.38. The molecule has 0 atom stereocenters. The summed E-state index contributed by atoms with van der Waals surface area (Å²) in [5.41, 5.74) is 1.77. The van der Waals surface area contributed by atoms with Crippen molar-refractivity contribution in [1.29, 1.82) is 0 Å². The monoisotopic (exact) mass is 472 g/mol. The van der Waals surface area contributed by atoms with Gasteiger partial charge in [-0.15, -0.1) is 24.0 Å². The molecule has 1 aliphatic heterocycles. The smallest absolute Gasteiger partial charge is 0.193 e. The fraction of sp³-hybridized carbons (Fsp3) is 0.650. The van der Waals surface area contributed by atoms with Gasteiger partial charge in [0.15, 0.2) is 5.96 Å². The van der Waals surface area contributed by atoms with E-state index >= 15 is 0 Å². The Bertz CT molecular complexity index is 601. The lowest BCUT2D eigenvalue weighted by Crippen LogP contribution is -2.42. The predicted molar refractivity (Wildman–Crippen MR) is 119 cm³/mol. The molecule has 1 heterocycles. The quantitative estimate of drug-likeness (QED) is 0.392. The normalized spacial score (nSPS) is 18.6. The van der Waals surface area contributed by atoms with E-state index in [9.17, 15) is 0 Å². The van der Waals surface area contributed by atoms with Crippen LogP contribution < -0.4 is 10.1 Å². The molecule has 3 rings (SSSR count). The minimum Gasteiger partial charge on any atom is -0.492 e. The van der Waals surface area contributed by atoms with Crippen molar-refractivity contribution in [2.45, 2.75) is 32.2 Å². The van der Waals surface area contributed by atoms with Crippen molar-refractivity contribution in [2.24, 2.45) is 10.4 Å². The molecule has 6 heteroatoms. The zero-order chi connectivity index (χ0) is 17.7. The molecule has 1 spiro atoms. The largest absolute Gasteiger partial charge is 0.492 e. The number of nitrogens with one attached hydrogen (secondary N) is 1. The summed E-state index contributed by atoms with van der Waals surface area (Å²) < 4.78 is 5.96. The van der Waals surface area contributed by atoms with Crippen LogP contribution in [-0.2, 0) is 6.54 Å². The van der Waals surface area contributed by atoms with Gasteiger partial charge in [0.05, 0.1) is 0 Å². The highest BCUT2D eigenvalue weighted by Crippen LogP contribution is 2.47. The second kappa shape index (κ2) is 9.78. The number of aliphatic imine (C=N–C) groups is 1. The number of guanidine groups is 1. The van der Waals surface area contributed by atoms with Crippen LogP contribution in [-0.4, -0.2) is 63.1 Å². The SMILES string of the molecule is CN=C(NCc1ccccc1OCCN(C)C)N1CCC2(CCC2)C1.I. The maximum Gasteiger partial charge on any atom is 0.193 e. The molecule has 2 fully saturated rings. The van der Waals surface area contributed by atoms with E-state index in [0.29, 0.717) is 12.0 Å². The lowest BCUT2D eigenvalue weighted by atomic mass is 9.68. The number of likely N-dealkylation sites (N-methyl/N-ethyl adjacent to an activating group) is 1. The van der Waals surface area contributed by atoms with E-state index in [0.717, 1.165) is 37.9 Å². The van der Waals surface area contributed by atoms with Crippen LogP contribution in [0, 0.1) is 5.41 Å². The van der Waals surface area contributed by atoms with Crippen LogP contribution in [0.5, 0.6) is 5.75 Å². The third kappa shape index (κ3) is 5.25. The molecule has 1 N–H and O–H groups in total. The van der Waals surface area contributed by atoms with Crippen molar-refractivity contribution in [1.82, 2.24) is 15.1 Å². The number of halogens is 1. The summed E-state index contributed by atoms with van der Waals surface area (Å²) in [7, 11) is 6.01. The van der Waals surface area contributed by atoms with Gasteiger partial charge in [-0.3, -0.25) is 4.99 Å². The summed E-state index contributed by atoms with van der Waals surface area (Å²) in [6.07, 6.45) is 5.50. The average Bonchev–Trinajstić information content (AvgIpc) is 3.02. The van der Waals surface area contributed by atoms with Crippen LogP contribution in [0.2, 0.25) is 0 Å². The van der Waals surface area contributed by atoms with Gasteiger partial charge in [-0.1, -0.05) is 24.6 Å². The lowest BCUT2D eigenvalue weighted by molar-refractivity contribution is 0.151. The first-order valence-corrected chi connectivity index (χ1v) is 9.43. The highest BCUT2D eigenvalue weighted by Gasteiger charge is 2.43. The van der Waals surface area contributed by atoms with E-state index in [1.807, 2.05) is 13.1 Å². The third-order valence-corrected chi connectivity index (χ3v) is 5.57. The Hall–Kier alpha value is -1.02. The second-order valence-corrected chi connectivity index (χ2v) is 7.69. The molecule has 1 saturated heterocycles. The molecule has 0 amide bonds. The fourth-order valence-corrected chi connectivity index (χ4v) is 3.84.